The molecular formula is C16H19NO5. The van der Waals surface area contributed by atoms with E-state index in [0.717, 1.165) is 5.75 Å². The highest BCUT2D eigenvalue weighted by Gasteiger charge is 2.09. The number of furan rings is 1. The fourth-order valence-corrected chi connectivity index (χ4v) is 1.85. The molecule has 0 radical (unpaired) electrons. The number of hydrogen-bond acceptors (Lipinski definition) is 5. The molecule has 0 aliphatic carbocycles. The van der Waals surface area contributed by atoms with E-state index in [4.69, 9.17) is 13.9 Å². The number of rotatable bonds is 8. The zero-order valence-corrected chi connectivity index (χ0v) is 12.3. The molecule has 2 rings (SSSR count). The first kappa shape index (κ1) is 15.9. The number of carbonyl (C=O) groups is 1. The van der Waals surface area contributed by atoms with Crippen LogP contribution in [0.5, 0.6) is 11.5 Å². The molecule has 1 unspecified atom stereocenters. The minimum atomic E-state index is -0.651. The Kier molecular flexibility index (Phi) is 5.85. The highest BCUT2D eigenvalue weighted by molar-refractivity contribution is 5.77. The first-order chi connectivity index (χ1) is 10.7. The van der Waals surface area contributed by atoms with Gasteiger partial charge in [0, 0.05) is 12.1 Å². The van der Waals surface area contributed by atoms with Gasteiger partial charge in [-0.05, 0) is 36.8 Å². The molecule has 1 atom stereocenters. The summed E-state index contributed by atoms with van der Waals surface area (Å²) in [6.45, 7) is 0.283. The van der Waals surface area contributed by atoms with E-state index in [2.05, 4.69) is 5.32 Å². The van der Waals surface area contributed by atoms with Gasteiger partial charge in [-0.1, -0.05) is 0 Å². The van der Waals surface area contributed by atoms with Gasteiger partial charge in [-0.25, -0.2) is 0 Å². The highest BCUT2D eigenvalue weighted by Crippen LogP contribution is 2.17. The van der Waals surface area contributed by atoms with E-state index in [1.54, 1.807) is 37.4 Å². The molecule has 0 fully saturated rings. The predicted octanol–water partition coefficient (Wildman–Crippen LogP) is 1.91. The topological polar surface area (TPSA) is 80.9 Å². The van der Waals surface area contributed by atoms with E-state index < -0.39 is 6.10 Å². The van der Waals surface area contributed by atoms with E-state index in [1.165, 1.54) is 12.5 Å². The molecule has 1 amide bonds. The summed E-state index contributed by atoms with van der Waals surface area (Å²) in [5.74, 6) is 1.08. The maximum atomic E-state index is 11.6. The Balaban J connectivity index is 1.65. The van der Waals surface area contributed by atoms with Crippen LogP contribution in [0.1, 0.15) is 18.1 Å². The van der Waals surface area contributed by atoms with Gasteiger partial charge in [-0.2, -0.15) is 0 Å². The third kappa shape index (κ3) is 4.82. The number of ether oxygens (including phenoxy) is 2. The van der Waals surface area contributed by atoms with Crippen LogP contribution in [0, 0.1) is 0 Å². The largest absolute Gasteiger partial charge is 0.497 e. The number of benzene rings is 1. The minimum absolute atomic E-state index is 0.0753. The lowest BCUT2D eigenvalue weighted by atomic mass is 10.1. The van der Waals surface area contributed by atoms with Crippen LogP contribution >= 0.6 is 0 Å². The number of aliphatic hydroxyl groups is 1. The van der Waals surface area contributed by atoms with E-state index in [0.29, 0.717) is 24.3 Å². The van der Waals surface area contributed by atoms with Crippen molar-refractivity contribution in [1.29, 1.82) is 0 Å². The zero-order chi connectivity index (χ0) is 15.8. The number of aliphatic hydroxyl groups excluding tert-OH is 1. The fraction of sp³-hybridized carbons (Fsp3) is 0.312. The van der Waals surface area contributed by atoms with Crippen molar-refractivity contribution in [3.63, 3.8) is 0 Å². The Morgan fingerprint density at radius 1 is 1.27 bits per heavy atom. The second-order valence-corrected chi connectivity index (χ2v) is 4.68. The van der Waals surface area contributed by atoms with Crippen LogP contribution in [0.25, 0.3) is 0 Å². The Bertz CT molecular complexity index is 565. The third-order valence-electron chi connectivity index (χ3n) is 3.10. The smallest absolute Gasteiger partial charge is 0.257 e. The zero-order valence-electron chi connectivity index (χ0n) is 12.3. The van der Waals surface area contributed by atoms with Crippen molar-refractivity contribution in [2.45, 2.75) is 12.5 Å². The van der Waals surface area contributed by atoms with Gasteiger partial charge in [0.2, 0.25) is 0 Å². The lowest BCUT2D eigenvalue weighted by molar-refractivity contribution is -0.123. The van der Waals surface area contributed by atoms with E-state index in [9.17, 15) is 9.90 Å². The normalized spacial score (nSPS) is 11.7. The van der Waals surface area contributed by atoms with Gasteiger partial charge in [0.15, 0.2) is 6.61 Å². The molecule has 6 heteroatoms. The summed E-state index contributed by atoms with van der Waals surface area (Å²) in [5, 5.41) is 12.5. The quantitative estimate of drug-likeness (QED) is 0.778. The summed E-state index contributed by atoms with van der Waals surface area (Å²) in [6, 6.07) is 8.67. The number of hydrogen-bond donors (Lipinski definition) is 2. The van der Waals surface area contributed by atoms with Crippen molar-refractivity contribution >= 4 is 5.91 Å². The van der Waals surface area contributed by atoms with E-state index in [1.807, 2.05) is 0 Å². The van der Waals surface area contributed by atoms with Gasteiger partial charge >= 0.3 is 0 Å². The summed E-state index contributed by atoms with van der Waals surface area (Å²) < 4.78 is 15.3. The molecule has 0 spiro atoms. The molecule has 0 saturated carbocycles. The summed E-state index contributed by atoms with van der Waals surface area (Å²) in [6.07, 6.45) is 2.74. The van der Waals surface area contributed by atoms with Gasteiger partial charge < -0.3 is 24.3 Å². The van der Waals surface area contributed by atoms with E-state index in [-0.39, 0.29) is 12.5 Å². The van der Waals surface area contributed by atoms with Gasteiger partial charge in [0.1, 0.15) is 11.5 Å². The summed E-state index contributed by atoms with van der Waals surface area (Å²) in [5.41, 5.74) is 0.698. The molecule has 2 aromatic rings. The SMILES string of the molecule is COc1ccc(OCC(=O)NCCC(O)c2ccoc2)cc1. The molecule has 2 N–H and O–H groups in total. The summed E-state index contributed by atoms with van der Waals surface area (Å²) in [7, 11) is 1.58. The standard InChI is InChI=1S/C16H19NO5/c1-20-13-2-4-14(5-3-13)22-11-16(19)17-8-6-15(18)12-7-9-21-10-12/h2-5,7,9-10,15,18H,6,8,11H2,1H3,(H,17,19). The molecule has 1 heterocycles. The number of nitrogens with one attached hydrogen (secondary N) is 1. The first-order valence-electron chi connectivity index (χ1n) is 6.92. The molecule has 0 saturated heterocycles. The molecular weight excluding hydrogens is 286 g/mol. The molecule has 22 heavy (non-hydrogen) atoms. The second kappa shape index (κ2) is 8.09. The Labute approximate surface area is 128 Å². The van der Waals surface area contributed by atoms with E-state index >= 15 is 0 Å². The average molecular weight is 305 g/mol. The van der Waals surface area contributed by atoms with Crippen molar-refractivity contribution < 1.29 is 23.8 Å². The van der Waals surface area contributed by atoms with Crippen LogP contribution in [0.3, 0.4) is 0 Å². The molecule has 118 valence electrons. The van der Waals surface area contributed by atoms with Crippen LogP contribution in [0.2, 0.25) is 0 Å². The Hall–Kier alpha value is -2.47. The van der Waals surface area contributed by atoms with Gasteiger partial charge in [-0.3, -0.25) is 4.79 Å². The van der Waals surface area contributed by atoms with Crippen LogP contribution in [-0.4, -0.2) is 31.3 Å². The van der Waals surface area contributed by atoms with Crippen LogP contribution in [0.4, 0.5) is 0 Å². The number of carbonyl (C=O) groups excluding carboxylic acids is 1. The monoisotopic (exact) mass is 305 g/mol. The number of amides is 1. The van der Waals surface area contributed by atoms with Crippen LogP contribution in [0.15, 0.2) is 47.3 Å². The predicted molar refractivity (Wildman–Crippen MR) is 79.8 cm³/mol. The van der Waals surface area contributed by atoms with Crippen molar-refractivity contribution in [2.24, 2.45) is 0 Å². The summed E-state index contributed by atoms with van der Waals surface area (Å²) >= 11 is 0. The molecule has 0 bridgehead atoms. The van der Waals surface area contributed by atoms with Gasteiger partial charge in [0.05, 0.1) is 25.7 Å². The summed E-state index contributed by atoms with van der Waals surface area (Å²) in [4.78, 5) is 11.6. The Morgan fingerprint density at radius 3 is 2.64 bits per heavy atom. The number of methoxy groups -OCH3 is 1. The Morgan fingerprint density at radius 2 is 2.00 bits per heavy atom. The maximum Gasteiger partial charge on any atom is 0.257 e. The third-order valence-corrected chi connectivity index (χ3v) is 3.10. The van der Waals surface area contributed by atoms with Gasteiger partial charge in [-0.15, -0.1) is 0 Å². The molecule has 1 aromatic heterocycles. The lowest BCUT2D eigenvalue weighted by Gasteiger charge is -2.10. The average Bonchev–Trinajstić information content (AvgIpc) is 3.08. The van der Waals surface area contributed by atoms with Crippen molar-refractivity contribution in [1.82, 2.24) is 5.32 Å². The second-order valence-electron chi connectivity index (χ2n) is 4.68. The maximum absolute atomic E-state index is 11.6. The highest BCUT2D eigenvalue weighted by atomic mass is 16.5. The van der Waals surface area contributed by atoms with Crippen molar-refractivity contribution in [3.05, 3.63) is 48.4 Å². The minimum Gasteiger partial charge on any atom is -0.497 e. The fourth-order valence-electron chi connectivity index (χ4n) is 1.85. The lowest BCUT2D eigenvalue weighted by Crippen LogP contribution is -2.30. The van der Waals surface area contributed by atoms with Gasteiger partial charge in [0.25, 0.3) is 5.91 Å². The molecule has 1 aromatic carbocycles. The van der Waals surface area contributed by atoms with Crippen molar-refractivity contribution in [2.75, 3.05) is 20.3 Å². The van der Waals surface area contributed by atoms with Crippen LogP contribution in [-0.2, 0) is 4.79 Å². The molecule has 0 aliphatic rings. The van der Waals surface area contributed by atoms with Crippen LogP contribution < -0.4 is 14.8 Å². The molecule has 6 nitrogen and oxygen atoms in total. The molecule has 0 aliphatic heterocycles. The first-order valence-corrected chi connectivity index (χ1v) is 6.92. The van der Waals surface area contributed by atoms with Crippen molar-refractivity contribution in [3.8, 4) is 11.5 Å².